The van der Waals surface area contributed by atoms with Crippen molar-refractivity contribution in [3.63, 3.8) is 0 Å². The summed E-state index contributed by atoms with van der Waals surface area (Å²) in [4.78, 5) is 0. The number of ether oxygens (including phenoxy) is 2. The van der Waals surface area contributed by atoms with Gasteiger partial charge in [-0.15, -0.1) is 0 Å². The van der Waals surface area contributed by atoms with Crippen LogP contribution in [0.5, 0.6) is 5.75 Å². The van der Waals surface area contributed by atoms with E-state index in [1.807, 2.05) is 31.2 Å². The standard InChI is InChI=1S/C13H16O2/c1-3-4-5-12-6-8-13(9-7-12)15-11-10-14-2/h6-9H,3,10-11H2,1-2H3. The van der Waals surface area contributed by atoms with Gasteiger partial charge in [0.1, 0.15) is 12.4 Å². The van der Waals surface area contributed by atoms with Crippen molar-refractivity contribution in [2.45, 2.75) is 13.3 Å². The van der Waals surface area contributed by atoms with Crippen molar-refractivity contribution >= 4 is 0 Å². The molecule has 0 aliphatic carbocycles. The van der Waals surface area contributed by atoms with Gasteiger partial charge in [0.25, 0.3) is 0 Å². The normalized spacial score (nSPS) is 9.20. The molecule has 0 aromatic heterocycles. The predicted octanol–water partition coefficient (Wildman–Crippen LogP) is 2.47. The lowest BCUT2D eigenvalue weighted by atomic mass is 10.2. The van der Waals surface area contributed by atoms with Gasteiger partial charge < -0.3 is 9.47 Å². The molecule has 0 saturated carbocycles. The highest BCUT2D eigenvalue weighted by Crippen LogP contribution is 2.11. The predicted molar refractivity (Wildman–Crippen MR) is 61.0 cm³/mol. The Hall–Kier alpha value is -1.46. The maximum absolute atomic E-state index is 5.43. The minimum Gasteiger partial charge on any atom is -0.491 e. The summed E-state index contributed by atoms with van der Waals surface area (Å²) in [6, 6.07) is 7.78. The number of methoxy groups -OCH3 is 1. The zero-order chi connectivity index (χ0) is 10.9. The Bertz CT molecular complexity index is 330. The van der Waals surface area contributed by atoms with Gasteiger partial charge in [0, 0.05) is 19.1 Å². The number of benzene rings is 1. The van der Waals surface area contributed by atoms with E-state index < -0.39 is 0 Å². The Morgan fingerprint density at radius 2 is 1.87 bits per heavy atom. The van der Waals surface area contributed by atoms with Gasteiger partial charge in [0.15, 0.2) is 0 Å². The van der Waals surface area contributed by atoms with E-state index in [2.05, 4.69) is 11.8 Å². The van der Waals surface area contributed by atoms with Crippen molar-refractivity contribution in [1.29, 1.82) is 0 Å². The van der Waals surface area contributed by atoms with Crippen molar-refractivity contribution in [3.05, 3.63) is 29.8 Å². The van der Waals surface area contributed by atoms with Gasteiger partial charge in [0.05, 0.1) is 6.61 Å². The fourth-order valence-electron chi connectivity index (χ4n) is 1.07. The molecule has 0 amide bonds. The molecule has 0 fully saturated rings. The maximum Gasteiger partial charge on any atom is 0.119 e. The van der Waals surface area contributed by atoms with Crippen LogP contribution in [0.2, 0.25) is 0 Å². The molecule has 0 atom stereocenters. The zero-order valence-electron chi connectivity index (χ0n) is 9.25. The number of hydrogen-bond donors (Lipinski definition) is 0. The lowest BCUT2D eigenvalue weighted by Crippen LogP contribution is -2.03. The van der Waals surface area contributed by atoms with Crippen LogP contribution in [-0.4, -0.2) is 20.3 Å². The van der Waals surface area contributed by atoms with Crippen LogP contribution in [0, 0.1) is 11.8 Å². The van der Waals surface area contributed by atoms with Crippen molar-refractivity contribution in [2.75, 3.05) is 20.3 Å². The molecule has 0 aliphatic rings. The molecular formula is C13H16O2. The first-order valence-corrected chi connectivity index (χ1v) is 5.07. The Kier molecular flexibility index (Phi) is 5.35. The average Bonchev–Trinajstić information content (AvgIpc) is 2.28. The van der Waals surface area contributed by atoms with Gasteiger partial charge in [-0.2, -0.15) is 0 Å². The third-order valence-electron chi connectivity index (χ3n) is 1.82. The lowest BCUT2D eigenvalue weighted by molar-refractivity contribution is 0.146. The smallest absolute Gasteiger partial charge is 0.119 e. The third kappa shape index (κ3) is 4.53. The van der Waals surface area contributed by atoms with Crippen LogP contribution in [0.4, 0.5) is 0 Å². The molecule has 0 unspecified atom stereocenters. The van der Waals surface area contributed by atoms with Crippen molar-refractivity contribution in [3.8, 4) is 17.6 Å². The van der Waals surface area contributed by atoms with Crippen LogP contribution >= 0.6 is 0 Å². The van der Waals surface area contributed by atoms with Crippen LogP contribution < -0.4 is 4.74 Å². The molecule has 2 heteroatoms. The highest BCUT2D eigenvalue weighted by Gasteiger charge is 1.92. The van der Waals surface area contributed by atoms with Crippen molar-refractivity contribution in [1.82, 2.24) is 0 Å². The topological polar surface area (TPSA) is 18.5 Å². The largest absolute Gasteiger partial charge is 0.491 e. The lowest BCUT2D eigenvalue weighted by Gasteiger charge is -2.04. The minimum absolute atomic E-state index is 0.580. The summed E-state index contributed by atoms with van der Waals surface area (Å²) < 4.78 is 10.3. The van der Waals surface area contributed by atoms with Crippen molar-refractivity contribution in [2.24, 2.45) is 0 Å². The quantitative estimate of drug-likeness (QED) is 0.554. The second-order valence-corrected chi connectivity index (χ2v) is 3.02. The summed E-state index contributed by atoms with van der Waals surface area (Å²) in [7, 11) is 1.66. The molecule has 1 rings (SSSR count). The van der Waals surface area contributed by atoms with Crippen LogP contribution in [-0.2, 0) is 4.74 Å². The van der Waals surface area contributed by atoms with Crippen LogP contribution in [0.3, 0.4) is 0 Å². The Morgan fingerprint density at radius 3 is 2.47 bits per heavy atom. The molecule has 2 nitrogen and oxygen atoms in total. The van der Waals surface area contributed by atoms with E-state index in [1.165, 1.54) is 0 Å². The Labute approximate surface area is 91.2 Å². The molecule has 80 valence electrons. The second-order valence-electron chi connectivity index (χ2n) is 3.02. The molecule has 0 saturated heterocycles. The minimum atomic E-state index is 0.580. The summed E-state index contributed by atoms with van der Waals surface area (Å²) in [5, 5.41) is 0. The van der Waals surface area contributed by atoms with E-state index in [-0.39, 0.29) is 0 Å². The summed E-state index contributed by atoms with van der Waals surface area (Å²) >= 11 is 0. The number of rotatable bonds is 4. The van der Waals surface area contributed by atoms with Crippen molar-refractivity contribution < 1.29 is 9.47 Å². The molecule has 1 aromatic rings. The highest BCUT2D eigenvalue weighted by molar-refractivity contribution is 5.38. The molecule has 0 N–H and O–H groups in total. The zero-order valence-corrected chi connectivity index (χ0v) is 9.25. The first-order valence-electron chi connectivity index (χ1n) is 5.07. The second kappa shape index (κ2) is 6.92. The molecule has 0 spiro atoms. The van der Waals surface area contributed by atoms with E-state index in [0.717, 1.165) is 17.7 Å². The first-order chi connectivity index (χ1) is 7.36. The third-order valence-corrected chi connectivity index (χ3v) is 1.82. The van der Waals surface area contributed by atoms with Gasteiger partial charge >= 0.3 is 0 Å². The van der Waals surface area contributed by atoms with Crippen LogP contribution in [0.1, 0.15) is 18.9 Å². The van der Waals surface area contributed by atoms with Gasteiger partial charge in [-0.05, 0) is 24.3 Å². The molecule has 0 bridgehead atoms. The molecule has 0 radical (unpaired) electrons. The Morgan fingerprint density at radius 1 is 1.13 bits per heavy atom. The monoisotopic (exact) mass is 204 g/mol. The van der Waals surface area contributed by atoms with Gasteiger partial charge in [-0.25, -0.2) is 0 Å². The maximum atomic E-state index is 5.43. The molecular weight excluding hydrogens is 188 g/mol. The van der Waals surface area contributed by atoms with Gasteiger partial charge in [0.2, 0.25) is 0 Å². The summed E-state index contributed by atoms with van der Waals surface area (Å²) in [5.74, 6) is 6.94. The van der Waals surface area contributed by atoms with E-state index in [0.29, 0.717) is 13.2 Å². The van der Waals surface area contributed by atoms with E-state index in [1.54, 1.807) is 7.11 Å². The van der Waals surface area contributed by atoms with Crippen LogP contribution in [0.15, 0.2) is 24.3 Å². The van der Waals surface area contributed by atoms with E-state index >= 15 is 0 Å². The Balaban J connectivity index is 2.49. The fraction of sp³-hybridized carbons (Fsp3) is 0.385. The highest BCUT2D eigenvalue weighted by atomic mass is 16.5. The first kappa shape index (κ1) is 11.6. The van der Waals surface area contributed by atoms with Gasteiger partial charge in [-0.3, -0.25) is 0 Å². The van der Waals surface area contributed by atoms with E-state index in [9.17, 15) is 0 Å². The molecule has 1 aromatic carbocycles. The van der Waals surface area contributed by atoms with Crippen LogP contribution in [0.25, 0.3) is 0 Å². The van der Waals surface area contributed by atoms with Gasteiger partial charge in [-0.1, -0.05) is 18.8 Å². The molecule has 0 heterocycles. The number of hydrogen-bond acceptors (Lipinski definition) is 2. The fourth-order valence-corrected chi connectivity index (χ4v) is 1.07. The average molecular weight is 204 g/mol. The molecule has 15 heavy (non-hydrogen) atoms. The molecule has 0 aliphatic heterocycles. The SMILES string of the molecule is CCC#Cc1ccc(OCCOC)cc1. The summed E-state index contributed by atoms with van der Waals surface area (Å²) in [6.07, 6.45) is 0.881. The summed E-state index contributed by atoms with van der Waals surface area (Å²) in [6.45, 7) is 3.23. The summed E-state index contributed by atoms with van der Waals surface area (Å²) in [5.41, 5.74) is 1.02. The van der Waals surface area contributed by atoms with E-state index in [4.69, 9.17) is 9.47 Å².